The van der Waals surface area contributed by atoms with Crippen LogP contribution in [0.1, 0.15) is 17.2 Å². The number of aliphatic hydroxyl groups excluding tert-OH is 1. The van der Waals surface area contributed by atoms with Gasteiger partial charge in [0.15, 0.2) is 22.7 Å². The van der Waals surface area contributed by atoms with Crippen LogP contribution in [0.2, 0.25) is 0 Å². The first-order valence-electron chi connectivity index (χ1n) is 12.6. The van der Waals surface area contributed by atoms with Gasteiger partial charge in [0.25, 0.3) is 11.8 Å². The molecule has 5 rings (SSSR count). The number of amides is 1. The summed E-state index contributed by atoms with van der Waals surface area (Å²) < 4.78 is 21.8. The number of carbonyl (C=O) groups excluding carboxylic acids is 1. The summed E-state index contributed by atoms with van der Waals surface area (Å²) in [4.78, 5) is 22.1. The van der Waals surface area contributed by atoms with Crippen molar-refractivity contribution in [1.29, 1.82) is 0 Å². The Morgan fingerprint density at radius 2 is 1.69 bits per heavy atom. The predicted molar refractivity (Wildman–Crippen MR) is 159 cm³/mol. The largest absolute Gasteiger partial charge is 0.493 e. The number of ether oxygens (including phenoxy) is 3. The zero-order valence-corrected chi connectivity index (χ0v) is 24.0. The molecule has 5 aromatic rings. The summed E-state index contributed by atoms with van der Waals surface area (Å²) in [5.41, 5.74) is 9.30. The van der Waals surface area contributed by atoms with Crippen molar-refractivity contribution in [3.63, 3.8) is 0 Å². The van der Waals surface area contributed by atoms with E-state index in [1.165, 1.54) is 32.7 Å². The van der Waals surface area contributed by atoms with Crippen LogP contribution >= 0.6 is 11.3 Å². The average Bonchev–Trinajstić information content (AvgIpc) is 3.63. The minimum absolute atomic E-state index is 0.186. The van der Waals surface area contributed by atoms with E-state index in [-0.39, 0.29) is 11.7 Å². The maximum absolute atomic E-state index is 12.7. The number of hydrogen-bond donors (Lipinski definition) is 4. The second kappa shape index (κ2) is 12.2. The summed E-state index contributed by atoms with van der Waals surface area (Å²) in [6.45, 7) is 1.89. The SMILES string of the molecule is COc1cc(Nc2nc(N)c(-c3nc(-c4cc(NC(=O)C(O)c5ccccc5)ccc4C)no3)s2)cc(OC)c1OC. The molecule has 3 aromatic carbocycles. The van der Waals surface area contributed by atoms with Crippen LogP contribution in [-0.4, -0.2) is 47.5 Å². The van der Waals surface area contributed by atoms with Gasteiger partial charge in [-0.25, -0.2) is 4.98 Å². The summed E-state index contributed by atoms with van der Waals surface area (Å²) in [6.07, 6.45) is -1.31. The second-order valence-corrected chi connectivity index (χ2v) is 10.0. The molecule has 0 fully saturated rings. The Balaban J connectivity index is 1.36. The van der Waals surface area contributed by atoms with Gasteiger partial charge in [0, 0.05) is 29.1 Å². The fourth-order valence-electron chi connectivity index (χ4n) is 4.18. The summed E-state index contributed by atoms with van der Waals surface area (Å²) in [7, 11) is 4.60. The number of nitrogen functional groups attached to an aromatic ring is 1. The molecule has 216 valence electrons. The molecule has 12 nitrogen and oxygen atoms in total. The number of aromatic nitrogens is 3. The highest BCUT2D eigenvalue weighted by atomic mass is 32.1. The average molecular weight is 589 g/mol. The number of aryl methyl sites for hydroxylation is 1. The van der Waals surface area contributed by atoms with Crippen LogP contribution in [0, 0.1) is 6.92 Å². The lowest BCUT2D eigenvalue weighted by Crippen LogP contribution is -2.20. The number of aliphatic hydroxyl groups is 1. The third kappa shape index (κ3) is 5.82. The van der Waals surface area contributed by atoms with Gasteiger partial charge < -0.3 is 40.2 Å². The normalized spacial score (nSPS) is 11.5. The van der Waals surface area contributed by atoms with E-state index in [0.717, 1.165) is 5.56 Å². The molecule has 0 saturated carbocycles. The lowest BCUT2D eigenvalue weighted by Gasteiger charge is -2.14. The van der Waals surface area contributed by atoms with Gasteiger partial charge in [-0.1, -0.05) is 52.9 Å². The molecule has 1 amide bonds. The highest BCUT2D eigenvalue weighted by molar-refractivity contribution is 7.19. The second-order valence-electron chi connectivity index (χ2n) is 9.03. The molecule has 0 aliphatic heterocycles. The number of carbonyl (C=O) groups is 1. The summed E-state index contributed by atoms with van der Waals surface area (Å²) in [6, 6.07) is 17.4. The maximum Gasteiger partial charge on any atom is 0.272 e. The first-order valence-corrected chi connectivity index (χ1v) is 13.4. The molecule has 0 aliphatic rings. The lowest BCUT2D eigenvalue weighted by molar-refractivity contribution is -0.124. The molecule has 1 atom stereocenters. The summed E-state index contributed by atoms with van der Waals surface area (Å²) in [5, 5.41) is 21.0. The van der Waals surface area contributed by atoms with Gasteiger partial charge in [0.05, 0.1) is 21.3 Å². The molecule has 2 heterocycles. The van der Waals surface area contributed by atoms with Crippen LogP contribution in [0.3, 0.4) is 0 Å². The summed E-state index contributed by atoms with van der Waals surface area (Å²) in [5.74, 6) is 1.56. The van der Waals surface area contributed by atoms with Crippen LogP contribution in [0.25, 0.3) is 22.2 Å². The Bertz CT molecular complexity index is 1700. The van der Waals surface area contributed by atoms with Crippen molar-refractivity contribution < 1.29 is 28.6 Å². The van der Waals surface area contributed by atoms with E-state index in [9.17, 15) is 9.90 Å². The molecule has 0 radical (unpaired) electrons. The van der Waals surface area contributed by atoms with Crippen molar-refractivity contribution in [2.24, 2.45) is 0 Å². The molecular weight excluding hydrogens is 560 g/mol. The molecule has 0 aliphatic carbocycles. The highest BCUT2D eigenvalue weighted by Gasteiger charge is 2.21. The number of methoxy groups -OCH3 is 3. The minimum Gasteiger partial charge on any atom is -0.493 e. The fraction of sp³-hybridized carbons (Fsp3) is 0.172. The van der Waals surface area contributed by atoms with E-state index in [1.807, 2.05) is 19.1 Å². The van der Waals surface area contributed by atoms with Crippen molar-refractivity contribution in [2.45, 2.75) is 13.0 Å². The number of anilines is 4. The molecule has 0 saturated heterocycles. The van der Waals surface area contributed by atoms with Crippen molar-refractivity contribution >= 4 is 39.6 Å². The van der Waals surface area contributed by atoms with Gasteiger partial charge in [0.2, 0.25) is 11.6 Å². The Morgan fingerprint density at radius 3 is 2.36 bits per heavy atom. The zero-order valence-electron chi connectivity index (χ0n) is 23.2. The fourth-order valence-corrected chi connectivity index (χ4v) is 5.01. The van der Waals surface area contributed by atoms with Crippen molar-refractivity contribution in [2.75, 3.05) is 37.7 Å². The smallest absolute Gasteiger partial charge is 0.272 e. The number of nitrogens with one attached hydrogen (secondary N) is 2. The Kier molecular flexibility index (Phi) is 8.22. The van der Waals surface area contributed by atoms with Crippen LogP contribution in [0.5, 0.6) is 17.2 Å². The maximum atomic E-state index is 12.7. The van der Waals surface area contributed by atoms with Crippen molar-refractivity contribution in [3.8, 4) is 39.4 Å². The first-order chi connectivity index (χ1) is 20.3. The number of nitrogens with zero attached hydrogens (tertiary/aromatic N) is 3. The number of benzene rings is 3. The van der Waals surface area contributed by atoms with Gasteiger partial charge >= 0.3 is 0 Å². The molecule has 0 spiro atoms. The first kappa shape index (κ1) is 28.4. The molecule has 5 N–H and O–H groups in total. The topological polar surface area (TPSA) is 167 Å². The van der Waals surface area contributed by atoms with Crippen LogP contribution in [0.15, 0.2) is 65.2 Å². The monoisotopic (exact) mass is 588 g/mol. The molecule has 1 unspecified atom stereocenters. The van der Waals surface area contributed by atoms with Gasteiger partial charge in [-0.05, 0) is 30.2 Å². The molecule has 0 bridgehead atoms. The Labute approximate surface area is 245 Å². The number of hydrogen-bond acceptors (Lipinski definition) is 12. The van der Waals surface area contributed by atoms with Crippen molar-refractivity contribution in [1.82, 2.24) is 15.1 Å². The van der Waals surface area contributed by atoms with E-state index >= 15 is 0 Å². The number of thiazole rings is 1. The van der Waals surface area contributed by atoms with E-state index in [1.54, 1.807) is 48.5 Å². The van der Waals surface area contributed by atoms with E-state index in [2.05, 4.69) is 25.8 Å². The van der Waals surface area contributed by atoms with Gasteiger partial charge in [-0.15, -0.1) is 0 Å². The van der Waals surface area contributed by atoms with E-state index < -0.39 is 12.0 Å². The molecule has 2 aromatic heterocycles. The molecule has 42 heavy (non-hydrogen) atoms. The van der Waals surface area contributed by atoms with Gasteiger partial charge in [0.1, 0.15) is 10.7 Å². The third-order valence-electron chi connectivity index (χ3n) is 6.30. The number of nitrogens with two attached hydrogens (primary N) is 1. The quantitative estimate of drug-likeness (QED) is 0.169. The highest BCUT2D eigenvalue weighted by Crippen LogP contribution is 2.42. The molecule has 13 heteroatoms. The Hall–Kier alpha value is -5.14. The standard InChI is InChI=1S/C29H28N6O6S/c1-15-10-11-17(31-27(37)22(36)16-8-6-5-7-9-16)12-19(15)26-34-28(41-35-26)24-25(30)33-29(42-24)32-18-13-20(38-2)23(40-4)21(14-18)39-3/h5-14,22,36H,30H2,1-4H3,(H,31,37)(H,32,33). The van der Waals surface area contributed by atoms with Crippen LogP contribution < -0.4 is 30.6 Å². The zero-order chi connectivity index (χ0) is 29.8. The van der Waals surface area contributed by atoms with Crippen LogP contribution in [-0.2, 0) is 4.79 Å². The predicted octanol–water partition coefficient (Wildman–Crippen LogP) is 5.19. The third-order valence-corrected chi connectivity index (χ3v) is 7.27. The van der Waals surface area contributed by atoms with Crippen molar-refractivity contribution in [3.05, 3.63) is 71.8 Å². The van der Waals surface area contributed by atoms with Crippen LogP contribution in [0.4, 0.5) is 22.3 Å². The lowest BCUT2D eigenvalue weighted by atomic mass is 10.1. The molecular formula is C29H28N6O6S. The number of rotatable bonds is 10. The minimum atomic E-state index is -1.31. The van der Waals surface area contributed by atoms with Gasteiger partial charge in [-0.3, -0.25) is 4.79 Å². The van der Waals surface area contributed by atoms with Gasteiger partial charge in [-0.2, -0.15) is 4.98 Å². The van der Waals surface area contributed by atoms with E-state index in [0.29, 0.717) is 55.6 Å². The Morgan fingerprint density at radius 1 is 0.976 bits per heavy atom. The van der Waals surface area contributed by atoms with E-state index in [4.69, 9.17) is 24.5 Å². The summed E-state index contributed by atoms with van der Waals surface area (Å²) >= 11 is 1.23.